The van der Waals surface area contributed by atoms with Crippen LogP contribution >= 0.6 is 0 Å². The van der Waals surface area contributed by atoms with Crippen molar-refractivity contribution in [3.05, 3.63) is 35.4 Å². The summed E-state index contributed by atoms with van der Waals surface area (Å²) >= 11 is 0. The van der Waals surface area contributed by atoms with Crippen molar-refractivity contribution in [1.82, 2.24) is 10.7 Å². The molecule has 5 heteroatoms. The lowest BCUT2D eigenvalue weighted by atomic mass is 9.87. The van der Waals surface area contributed by atoms with Crippen LogP contribution in [-0.4, -0.2) is 24.6 Å². The minimum atomic E-state index is -0.429. The summed E-state index contributed by atoms with van der Waals surface area (Å²) in [5.74, 6) is -0.216. The van der Waals surface area contributed by atoms with Crippen LogP contribution in [0.3, 0.4) is 0 Å². The Morgan fingerprint density at radius 2 is 1.68 bits per heavy atom. The van der Waals surface area contributed by atoms with Crippen molar-refractivity contribution >= 4 is 17.5 Å². The Labute approximate surface area is 132 Å². The molecule has 0 aliphatic carbocycles. The summed E-state index contributed by atoms with van der Waals surface area (Å²) in [7, 11) is 1.59. The number of nitrogens with zero attached hydrogens (tertiary/aromatic N) is 1. The minimum absolute atomic E-state index is 0.0873. The fraction of sp³-hybridized carbons (Fsp3) is 0.471. The maximum atomic E-state index is 12.1. The van der Waals surface area contributed by atoms with E-state index in [-0.39, 0.29) is 11.8 Å². The molecule has 1 aromatic carbocycles. The van der Waals surface area contributed by atoms with Gasteiger partial charge in [0, 0.05) is 18.0 Å². The summed E-state index contributed by atoms with van der Waals surface area (Å²) in [6.45, 7) is 7.70. The number of carbonyl (C=O) groups is 2. The molecule has 0 heterocycles. The highest BCUT2D eigenvalue weighted by molar-refractivity contribution is 6.01. The lowest BCUT2D eigenvalue weighted by molar-refractivity contribution is -0.129. The van der Waals surface area contributed by atoms with Gasteiger partial charge in [0.05, 0.1) is 5.71 Å². The van der Waals surface area contributed by atoms with Gasteiger partial charge in [0.1, 0.15) is 0 Å². The summed E-state index contributed by atoms with van der Waals surface area (Å²) < 4.78 is 0. The van der Waals surface area contributed by atoms with Crippen LogP contribution in [0.25, 0.3) is 0 Å². The van der Waals surface area contributed by atoms with Crippen molar-refractivity contribution in [1.29, 1.82) is 0 Å². The first-order chi connectivity index (χ1) is 10.3. The maximum absolute atomic E-state index is 12.1. The highest BCUT2D eigenvalue weighted by atomic mass is 16.2. The topological polar surface area (TPSA) is 70.6 Å². The van der Waals surface area contributed by atoms with Crippen molar-refractivity contribution in [2.45, 2.75) is 40.5 Å². The van der Waals surface area contributed by atoms with E-state index >= 15 is 0 Å². The van der Waals surface area contributed by atoms with E-state index in [0.29, 0.717) is 11.3 Å². The van der Waals surface area contributed by atoms with E-state index in [9.17, 15) is 9.59 Å². The molecular formula is C17H25N3O2. The molecule has 0 atom stereocenters. The molecule has 0 unspecified atom stereocenters. The van der Waals surface area contributed by atoms with E-state index in [2.05, 4.69) is 22.8 Å². The van der Waals surface area contributed by atoms with Gasteiger partial charge in [-0.2, -0.15) is 5.10 Å². The highest BCUT2D eigenvalue weighted by Gasteiger charge is 2.26. The molecule has 0 saturated carbocycles. The van der Waals surface area contributed by atoms with Crippen LogP contribution in [0, 0.1) is 5.41 Å². The molecule has 0 aliphatic rings. The third-order valence-electron chi connectivity index (χ3n) is 3.61. The fourth-order valence-electron chi connectivity index (χ4n) is 2.10. The Kier molecular flexibility index (Phi) is 6.28. The molecule has 2 N–H and O–H groups in total. The average Bonchev–Trinajstić information content (AvgIpc) is 2.51. The first kappa shape index (κ1) is 17.9. The number of rotatable bonds is 6. The van der Waals surface area contributed by atoms with Gasteiger partial charge in [0.25, 0.3) is 5.91 Å². The van der Waals surface area contributed by atoms with Gasteiger partial charge in [0.15, 0.2) is 0 Å². The third-order valence-corrected chi connectivity index (χ3v) is 3.61. The molecule has 0 saturated heterocycles. The van der Waals surface area contributed by atoms with E-state index in [1.165, 1.54) is 0 Å². The summed E-state index contributed by atoms with van der Waals surface area (Å²) in [5.41, 5.74) is 4.35. The molecule has 0 fully saturated rings. The van der Waals surface area contributed by atoms with Gasteiger partial charge in [-0.05, 0) is 31.0 Å². The predicted molar refractivity (Wildman–Crippen MR) is 88.9 cm³/mol. The Balaban J connectivity index is 2.77. The number of amides is 2. The van der Waals surface area contributed by atoms with E-state index in [1.807, 2.05) is 32.9 Å². The normalized spacial score (nSPS) is 12.0. The van der Waals surface area contributed by atoms with Crippen molar-refractivity contribution in [3.63, 3.8) is 0 Å². The van der Waals surface area contributed by atoms with Gasteiger partial charge in [-0.3, -0.25) is 9.59 Å². The summed E-state index contributed by atoms with van der Waals surface area (Å²) in [6, 6.07) is 7.09. The average molecular weight is 303 g/mol. The van der Waals surface area contributed by atoms with E-state index in [4.69, 9.17) is 0 Å². The van der Waals surface area contributed by atoms with Crippen LogP contribution in [0.2, 0.25) is 0 Å². The second-order valence-electron chi connectivity index (χ2n) is 5.93. The Bertz CT molecular complexity index is 560. The van der Waals surface area contributed by atoms with Gasteiger partial charge in [-0.1, -0.05) is 39.3 Å². The Hall–Kier alpha value is -2.17. The molecule has 22 heavy (non-hydrogen) atoms. The zero-order valence-electron chi connectivity index (χ0n) is 14.0. The first-order valence-corrected chi connectivity index (χ1v) is 7.49. The Morgan fingerprint density at radius 1 is 1.14 bits per heavy atom. The molecule has 0 aliphatic heterocycles. The van der Waals surface area contributed by atoms with Crippen molar-refractivity contribution in [2.24, 2.45) is 10.5 Å². The molecule has 0 aromatic heterocycles. The molecule has 5 nitrogen and oxygen atoms in total. The first-order valence-electron chi connectivity index (χ1n) is 7.49. The molecule has 0 spiro atoms. The molecule has 2 amide bonds. The zero-order valence-corrected chi connectivity index (χ0v) is 14.0. The number of hydrogen-bond acceptors (Lipinski definition) is 3. The quantitative estimate of drug-likeness (QED) is 0.626. The third kappa shape index (κ3) is 4.69. The fourth-order valence-corrected chi connectivity index (χ4v) is 2.10. The molecule has 1 aromatic rings. The molecule has 120 valence electrons. The van der Waals surface area contributed by atoms with Gasteiger partial charge >= 0.3 is 0 Å². The number of carbonyl (C=O) groups excluding carboxylic acids is 2. The highest BCUT2D eigenvalue weighted by Crippen LogP contribution is 2.22. The largest absolute Gasteiger partial charge is 0.355 e. The summed E-state index contributed by atoms with van der Waals surface area (Å²) in [5, 5.41) is 6.73. The zero-order chi connectivity index (χ0) is 16.8. The van der Waals surface area contributed by atoms with E-state index in [0.717, 1.165) is 18.4 Å². The van der Waals surface area contributed by atoms with Gasteiger partial charge < -0.3 is 5.32 Å². The van der Waals surface area contributed by atoms with Crippen molar-refractivity contribution < 1.29 is 9.59 Å². The number of hydrogen-bond donors (Lipinski definition) is 2. The van der Waals surface area contributed by atoms with Gasteiger partial charge in [-0.15, -0.1) is 0 Å². The predicted octanol–water partition coefficient (Wildman–Crippen LogP) is 2.71. The second-order valence-corrected chi connectivity index (χ2v) is 5.93. The summed E-state index contributed by atoms with van der Waals surface area (Å²) in [4.78, 5) is 23.6. The number of hydrazone groups is 1. The Morgan fingerprint density at radius 3 is 2.18 bits per heavy atom. The van der Waals surface area contributed by atoms with Gasteiger partial charge in [-0.25, -0.2) is 5.43 Å². The number of nitrogens with one attached hydrogen (secondary N) is 2. The summed E-state index contributed by atoms with van der Waals surface area (Å²) in [6.07, 6.45) is 1.76. The SMILES string of the molecule is CCCC(C)(C)C(=O)N/N=C(\C)c1ccc(C(=O)NC)cc1. The maximum Gasteiger partial charge on any atom is 0.251 e. The smallest absolute Gasteiger partial charge is 0.251 e. The monoisotopic (exact) mass is 303 g/mol. The van der Waals surface area contributed by atoms with Crippen LogP contribution < -0.4 is 10.7 Å². The van der Waals surface area contributed by atoms with Gasteiger partial charge in [0.2, 0.25) is 5.91 Å². The lowest BCUT2D eigenvalue weighted by Gasteiger charge is -2.21. The number of benzene rings is 1. The van der Waals surface area contributed by atoms with E-state index < -0.39 is 5.41 Å². The molecular weight excluding hydrogens is 278 g/mol. The van der Waals surface area contributed by atoms with Crippen LogP contribution in [0.4, 0.5) is 0 Å². The van der Waals surface area contributed by atoms with Crippen LogP contribution in [0.5, 0.6) is 0 Å². The standard InChI is InChI=1S/C17H25N3O2/c1-6-11-17(3,4)16(22)20-19-12(2)13-7-9-14(10-8-13)15(21)18-5/h7-10H,6,11H2,1-5H3,(H,18,21)(H,20,22)/b19-12+. The second kappa shape index (κ2) is 7.73. The minimum Gasteiger partial charge on any atom is -0.355 e. The molecule has 1 rings (SSSR count). The van der Waals surface area contributed by atoms with Crippen molar-refractivity contribution in [3.8, 4) is 0 Å². The molecule has 0 bridgehead atoms. The van der Waals surface area contributed by atoms with Crippen molar-refractivity contribution in [2.75, 3.05) is 7.05 Å². The van der Waals surface area contributed by atoms with Crippen LogP contribution in [0.1, 0.15) is 56.5 Å². The van der Waals surface area contributed by atoms with Crippen LogP contribution in [-0.2, 0) is 4.79 Å². The molecule has 0 radical (unpaired) electrons. The van der Waals surface area contributed by atoms with Crippen LogP contribution in [0.15, 0.2) is 29.4 Å². The lowest BCUT2D eigenvalue weighted by Crippen LogP contribution is -2.34. The van der Waals surface area contributed by atoms with E-state index in [1.54, 1.807) is 19.2 Å².